The molecule has 2 aromatic rings. The number of hydrogen-bond acceptors (Lipinski definition) is 3. The Hall–Kier alpha value is -1.18. The van der Waals surface area contributed by atoms with E-state index in [0.717, 1.165) is 21.4 Å². The van der Waals surface area contributed by atoms with Crippen LogP contribution in [0.3, 0.4) is 0 Å². The number of sulfonamides is 1. The Balaban J connectivity index is 2.16. The van der Waals surface area contributed by atoms with Crippen LogP contribution in [0.5, 0.6) is 0 Å². The van der Waals surface area contributed by atoms with E-state index in [0.29, 0.717) is 0 Å². The third kappa shape index (κ3) is 3.23. The molecule has 19 heavy (non-hydrogen) atoms. The molecule has 5 nitrogen and oxygen atoms in total. The molecule has 0 bridgehead atoms. The number of aromatic amines is 1. The Morgan fingerprint density at radius 2 is 1.89 bits per heavy atom. The SMILES string of the molecule is Cc1n[nH]c(C)c1CNS(=O)(=O)c1ccc(Br)cc1. The summed E-state index contributed by atoms with van der Waals surface area (Å²) in [4.78, 5) is 0.245. The monoisotopic (exact) mass is 343 g/mol. The van der Waals surface area contributed by atoms with Gasteiger partial charge in [-0.1, -0.05) is 15.9 Å². The van der Waals surface area contributed by atoms with E-state index in [1.54, 1.807) is 24.3 Å². The Bertz CT molecular complexity index is 658. The van der Waals surface area contributed by atoms with E-state index >= 15 is 0 Å². The molecule has 1 heterocycles. The topological polar surface area (TPSA) is 74.8 Å². The first-order valence-electron chi connectivity index (χ1n) is 5.66. The first kappa shape index (κ1) is 14.2. The van der Waals surface area contributed by atoms with Crippen LogP contribution in [0.25, 0.3) is 0 Å². The van der Waals surface area contributed by atoms with Gasteiger partial charge in [0, 0.05) is 22.3 Å². The highest BCUT2D eigenvalue weighted by Crippen LogP contribution is 2.15. The van der Waals surface area contributed by atoms with Crippen LogP contribution in [0.1, 0.15) is 17.0 Å². The van der Waals surface area contributed by atoms with E-state index < -0.39 is 10.0 Å². The van der Waals surface area contributed by atoms with Crippen molar-refractivity contribution in [3.8, 4) is 0 Å². The molecule has 1 aromatic carbocycles. The van der Waals surface area contributed by atoms with Gasteiger partial charge in [-0.05, 0) is 38.1 Å². The van der Waals surface area contributed by atoms with Gasteiger partial charge in [0.05, 0.1) is 10.6 Å². The van der Waals surface area contributed by atoms with Crippen molar-refractivity contribution >= 4 is 26.0 Å². The van der Waals surface area contributed by atoms with Crippen LogP contribution in [0.4, 0.5) is 0 Å². The van der Waals surface area contributed by atoms with E-state index in [1.165, 1.54) is 0 Å². The van der Waals surface area contributed by atoms with Crippen LogP contribution in [-0.2, 0) is 16.6 Å². The number of rotatable bonds is 4. The van der Waals surface area contributed by atoms with E-state index in [1.807, 2.05) is 13.8 Å². The number of benzene rings is 1. The van der Waals surface area contributed by atoms with Gasteiger partial charge < -0.3 is 0 Å². The highest BCUT2D eigenvalue weighted by Gasteiger charge is 2.15. The molecule has 0 amide bonds. The molecule has 0 saturated heterocycles. The summed E-state index contributed by atoms with van der Waals surface area (Å²) in [6.07, 6.45) is 0. The minimum atomic E-state index is -3.50. The Kier molecular flexibility index (Phi) is 4.07. The zero-order valence-corrected chi connectivity index (χ0v) is 13.0. The lowest BCUT2D eigenvalue weighted by Crippen LogP contribution is -2.23. The zero-order valence-electron chi connectivity index (χ0n) is 10.6. The van der Waals surface area contributed by atoms with Crippen molar-refractivity contribution in [1.82, 2.24) is 14.9 Å². The first-order chi connectivity index (χ1) is 8.90. The number of aryl methyl sites for hydroxylation is 2. The first-order valence-corrected chi connectivity index (χ1v) is 7.93. The largest absolute Gasteiger partial charge is 0.282 e. The third-order valence-corrected chi connectivity index (χ3v) is 4.79. The molecule has 102 valence electrons. The normalized spacial score (nSPS) is 11.7. The Morgan fingerprint density at radius 3 is 2.42 bits per heavy atom. The molecule has 7 heteroatoms. The quantitative estimate of drug-likeness (QED) is 0.894. The summed E-state index contributed by atoms with van der Waals surface area (Å²) in [5.74, 6) is 0. The molecule has 0 fully saturated rings. The van der Waals surface area contributed by atoms with Crippen molar-refractivity contribution in [2.45, 2.75) is 25.3 Å². The Labute approximate surface area is 120 Å². The van der Waals surface area contributed by atoms with Crippen molar-refractivity contribution in [3.05, 3.63) is 45.7 Å². The summed E-state index contributed by atoms with van der Waals surface area (Å²) in [6.45, 7) is 3.93. The van der Waals surface area contributed by atoms with Crippen molar-refractivity contribution in [1.29, 1.82) is 0 Å². The van der Waals surface area contributed by atoms with E-state index in [2.05, 4.69) is 30.8 Å². The summed E-state index contributed by atoms with van der Waals surface area (Å²) in [7, 11) is -3.50. The van der Waals surface area contributed by atoms with Gasteiger partial charge >= 0.3 is 0 Å². The summed E-state index contributed by atoms with van der Waals surface area (Å²) in [6, 6.07) is 6.51. The number of nitrogens with zero attached hydrogens (tertiary/aromatic N) is 1. The van der Waals surface area contributed by atoms with Crippen molar-refractivity contribution in [2.75, 3.05) is 0 Å². The predicted octanol–water partition coefficient (Wildman–Crippen LogP) is 2.27. The lowest BCUT2D eigenvalue weighted by Gasteiger charge is -2.07. The van der Waals surface area contributed by atoms with Crippen LogP contribution in [-0.4, -0.2) is 18.6 Å². The van der Waals surface area contributed by atoms with Gasteiger partial charge in [-0.3, -0.25) is 5.10 Å². The molecular formula is C12H14BrN3O2S. The highest BCUT2D eigenvalue weighted by molar-refractivity contribution is 9.10. The average Bonchev–Trinajstić information content (AvgIpc) is 2.67. The fraction of sp³-hybridized carbons (Fsp3) is 0.250. The van der Waals surface area contributed by atoms with Gasteiger partial charge in [0.25, 0.3) is 0 Å². The Morgan fingerprint density at radius 1 is 1.26 bits per heavy atom. The van der Waals surface area contributed by atoms with Gasteiger partial charge in [-0.2, -0.15) is 5.10 Å². The maximum atomic E-state index is 12.1. The minimum Gasteiger partial charge on any atom is -0.282 e. The van der Waals surface area contributed by atoms with Gasteiger partial charge in [-0.15, -0.1) is 0 Å². The lowest BCUT2D eigenvalue weighted by molar-refractivity contribution is 0.581. The number of nitrogens with one attached hydrogen (secondary N) is 2. The average molecular weight is 344 g/mol. The molecule has 0 aliphatic rings. The summed E-state index contributed by atoms with van der Waals surface area (Å²) >= 11 is 3.27. The standard InChI is InChI=1S/C12H14BrN3O2S/c1-8-12(9(2)16-15-8)7-14-19(17,18)11-5-3-10(13)4-6-11/h3-6,14H,7H2,1-2H3,(H,15,16). The second kappa shape index (κ2) is 5.44. The van der Waals surface area contributed by atoms with Crippen molar-refractivity contribution < 1.29 is 8.42 Å². The van der Waals surface area contributed by atoms with Gasteiger partial charge in [0.1, 0.15) is 0 Å². The lowest BCUT2D eigenvalue weighted by atomic mass is 10.2. The molecule has 1 aromatic heterocycles. The predicted molar refractivity (Wildman–Crippen MR) is 76.2 cm³/mol. The maximum absolute atomic E-state index is 12.1. The van der Waals surface area contributed by atoms with Crippen LogP contribution in [0.2, 0.25) is 0 Å². The van der Waals surface area contributed by atoms with Gasteiger partial charge in [-0.25, -0.2) is 13.1 Å². The van der Waals surface area contributed by atoms with E-state index in [-0.39, 0.29) is 11.4 Å². The molecule has 0 spiro atoms. The summed E-state index contributed by atoms with van der Waals surface area (Å²) < 4.78 is 27.6. The fourth-order valence-corrected chi connectivity index (χ4v) is 2.96. The molecule has 0 aliphatic carbocycles. The molecular weight excluding hydrogens is 330 g/mol. The van der Waals surface area contributed by atoms with Crippen LogP contribution < -0.4 is 4.72 Å². The number of aromatic nitrogens is 2. The van der Waals surface area contributed by atoms with Gasteiger partial charge in [0.2, 0.25) is 10.0 Å². The minimum absolute atomic E-state index is 0.229. The molecule has 2 N–H and O–H groups in total. The second-order valence-electron chi connectivity index (χ2n) is 4.19. The van der Waals surface area contributed by atoms with E-state index in [4.69, 9.17) is 0 Å². The smallest absolute Gasteiger partial charge is 0.240 e. The summed E-state index contributed by atoms with van der Waals surface area (Å²) in [5, 5.41) is 6.86. The van der Waals surface area contributed by atoms with Crippen LogP contribution in [0.15, 0.2) is 33.6 Å². The van der Waals surface area contributed by atoms with Crippen LogP contribution >= 0.6 is 15.9 Å². The third-order valence-electron chi connectivity index (χ3n) is 2.84. The molecule has 0 aliphatic heterocycles. The fourth-order valence-electron chi connectivity index (χ4n) is 1.70. The molecule has 2 rings (SSSR count). The number of H-pyrrole nitrogens is 1. The maximum Gasteiger partial charge on any atom is 0.240 e. The number of halogens is 1. The van der Waals surface area contributed by atoms with Gasteiger partial charge in [0.15, 0.2) is 0 Å². The second-order valence-corrected chi connectivity index (χ2v) is 6.87. The molecule has 0 atom stereocenters. The highest BCUT2D eigenvalue weighted by atomic mass is 79.9. The molecule has 0 saturated carbocycles. The van der Waals surface area contributed by atoms with Crippen molar-refractivity contribution in [3.63, 3.8) is 0 Å². The molecule has 0 unspecified atom stereocenters. The van der Waals surface area contributed by atoms with Crippen LogP contribution in [0, 0.1) is 13.8 Å². The number of hydrogen-bond donors (Lipinski definition) is 2. The zero-order chi connectivity index (χ0) is 14.0. The summed E-state index contributed by atoms with van der Waals surface area (Å²) in [5.41, 5.74) is 2.55. The van der Waals surface area contributed by atoms with Crippen molar-refractivity contribution in [2.24, 2.45) is 0 Å². The van der Waals surface area contributed by atoms with E-state index in [9.17, 15) is 8.42 Å². The molecule has 0 radical (unpaired) electrons.